The summed E-state index contributed by atoms with van der Waals surface area (Å²) >= 11 is 2.02. The van der Waals surface area contributed by atoms with E-state index in [0.717, 1.165) is 29.4 Å². The average Bonchev–Trinajstić information content (AvgIpc) is 3.40. The average molecular weight is 643 g/mol. The van der Waals surface area contributed by atoms with Crippen molar-refractivity contribution in [3.63, 3.8) is 0 Å². The lowest BCUT2D eigenvalue weighted by molar-refractivity contribution is -0.384. The highest BCUT2D eigenvalue weighted by Crippen LogP contribution is 2.41. The number of ether oxygens (including phenoxy) is 1. The number of benzene rings is 1. The molecular weight excluding hydrogens is 620 g/mol. The van der Waals surface area contributed by atoms with Gasteiger partial charge in [0.1, 0.15) is 30.8 Å². The molecule has 0 saturated carbocycles. The van der Waals surface area contributed by atoms with Crippen LogP contribution in [-0.4, -0.2) is 95.8 Å². The van der Waals surface area contributed by atoms with Crippen molar-refractivity contribution in [1.82, 2.24) is 15.2 Å². The zero-order valence-corrected chi connectivity index (χ0v) is 24.2. The molecule has 2 saturated heterocycles. The quantitative estimate of drug-likeness (QED) is 0.0584. The number of rotatable bonds is 12. The first kappa shape index (κ1) is 30.8. The smallest absolute Gasteiger partial charge is 0.343 e. The van der Waals surface area contributed by atoms with Crippen molar-refractivity contribution >= 4 is 73.9 Å². The van der Waals surface area contributed by atoms with E-state index in [0.29, 0.717) is 12.0 Å². The largest absolute Gasteiger partial charge is 0.459 e. The molecule has 2 unspecified atom stereocenters. The first-order chi connectivity index (χ1) is 19.9. The van der Waals surface area contributed by atoms with E-state index in [-0.39, 0.29) is 34.6 Å². The first-order valence-electron chi connectivity index (χ1n) is 11.7. The van der Waals surface area contributed by atoms with E-state index in [9.17, 15) is 37.7 Å². The van der Waals surface area contributed by atoms with Gasteiger partial charge in [0, 0.05) is 23.3 Å². The molecule has 4 rings (SSSR count). The summed E-state index contributed by atoms with van der Waals surface area (Å²) in [5.74, 6) is -2.73. The number of aromatic nitrogens is 1. The molecule has 0 bridgehead atoms. The fraction of sp³-hybridized carbons (Fsp3) is 0.364. The van der Waals surface area contributed by atoms with Gasteiger partial charge in [-0.2, -0.15) is 8.42 Å². The van der Waals surface area contributed by atoms with Crippen LogP contribution >= 0.6 is 23.1 Å². The number of thiazole rings is 1. The number of nitrogens with one attached hydrogen (secondary N) is 2. The Morgan fingerprint density at radius 1 is 1.33 bits per heavy atom. The van der Waals surface area contributed by atoms with E-state index in [4.69, 9.17) is 13.8 Å². The first-order valence-corrected chi connectivity index (χ1v) is 15.4. The molecule has 224 valence electrons. The lowest BCUT2D eigenvalue weighted by Gasteiger charge is -2.53. The predicted molar refractivity (Wildman–Crippen MR) is 147 cm³/mol. The lowest BCUT2D eigenvalue weighted by atomic mass is 9.99. The minimum absolute atomic E-state index is 0.0833. The van der Waals surface area contributed by atoms with E-state index in [1.807, 2.05) is 0 Å². The minimum atomic E-state index is -4.20. The van der Waals surface area contributed by atoms with Crippen LogP contribution in [0, 0.1) is 10.1 Å². The molecule has 2 fully saturated rings. The Labute approximate surface area is 245 Å². The Morgan fingerprint density at radius 3 is 2.67 bits per heavy atom. The van der Waals surface area contributed by atoms with Crippen LogP contribution in [-0.2, 0) is 49.7 Å². The molecule has 2 aliphatic rings. The van der Waals surface area contributed by atoms with Gasteiger partial charge in [0.2, 0.25) is 17.9 Å². The van der Waals surface area contributed by atoms with Gasteiger partial charge >= 0.3 is 5.97 Å². The second-order valence-electron chi connectivity index (χ2n) is 8.82. The number of hydrogen-bond donors (Lipinski definition) is 2. The molecule has 3 atom stereocenters. The van der Waals surface area contributed by atoms with Gasteiger partial charge in [-0.15, -0.1) is 23.1 Å². The summed E-state index contributed by atoms with van der Waals surface area (Å²) in [7, 11) is -2.99. The number of anilines is 1. The van der Waals surface area contributed by atoms with Gasteiger partial charge in [-0.25, -0.2) is 14.0 Å². The summed E-state index contributed by atoms with van der Waals surface area (Å²) < 4.78 is 34.6. The number of carbonyl (C=O) groups is 4. The maximum absolute atomic E-state index is 13.2. The second kappa shape index (κ2) is 12.4. The van der Waals surface area contributed by atoms with Crippen LogP contribution in [0.2, 0.25) is 0 Å². The molecule has 1 aromatic heterocycles. The van der Waals surface area contributed by atoms with Crippen LogP contribution < -0.4 is 10.6 Å². The monoisotopic (exact) mass is 642 g/mol. The van der Waals surface area contributed by atoms with Gasteiger partial charge in [-0.05, 0) is 17.7 Å². The van der Waals surface area contributed by atoms with Crippen molar-refractivity contribution in [3.8, 4) is 0 Å². The minimum Gasteiger partial charge on any atom is -0.459 e. The third-order valence-corrected chi connectivity index (χ3v) is 8.76. The van der Waals surface area contributed by atoms with E-state index in [1.165, 1.54) is 41.7 Å². The molecule has 3 heterocycles. The van der Waals surface area contributed by atoms with Crippen molar-refractivity contribution < 1.29 is 46.3 Å². The van der Waals surface area contributed by atoms with Crippen molar-refractivity contribution in [2.24, 2.45) is 5.16 Å². The molecule has 0 spiro atoms. The summed E-state index contributed by atoms with van der Waals surface area (Å²) in [6.45, 7) is -0.817. The number of fused-ring (bicyclic) bond motifs is 1. The number of oxime groups is 1. The third kappa shape index (κ3) is 6.66. The molecule has 0 radical (unpaired) electrons. The number of esters is 1. The van der Waals surface area contributed by atoms with Crippen LogP contribution in [0.5, 0.6) is 0 Å². The van der Waals surface area contributed by atoms with E-state index >= 15 is 0 Å². The van der Waals surface area contributed by atoms with Gasteiger partial charge in [0.05, 0.1) is 17.7 Å². The Balaban J connectivity index is 1.45. The van der Waals surface area contributed by atoms with Crippen LogP contribution in [0.4, 0.5) is 10.8 Å². The topological polar surface area (TPSA) is 226 Å². The van der Waals surface area contributed by atoms with Gasteiger partial charge in [-0.3, -0.25) is 24.5 Å². The Bertz CT molecular complexity index is 1550. The van der Waals surface area contributed by atoms with E-state index in [1.54, 1.807) is 0 Å². The number of nitro benzene ring substituents is 1. The number of β-lactam (4-membered cyclic amide) rings is 1. The maximum atomic E-state index is 13.2. The fourth-order valence-corrected chi connectivity index (χ4v) is 6.98. The number of nitrogens with zero attached hydrogens (tertiary/aromatic N) is 4. The van der Waals surface area contributed by atoms with Crippen LogP contribution in [0.3, 0.4) is 0 Å². The summed E-state index contributed by atoms with van der Waals surface area (Å²) in [5.41, 5.74) is -2.02. The number of amides is 3. The van der Waals surface area contributed by atoms with Gasteiger partial charge in [0.25, 0.3) is 21.7 Å². The van der Waals surface area contributed by atoms with E-state index < -0.39 is 56.4 Å². The highest BCUT2D eigenvalue weighted by atomic mass is 32.2. The van der Waals surface area contributed by atoms with Gasteiger partial charge in [-0.1, -0.05) is 5.16 Å². The molecular formula is C22H22N6O11S3. The molecule has 20 heteroatoms. The summed E-state index contributed by atoms with van der Waals surface area (Å²) in [4.78, 5) is 70.1. The van der Waals surface area contributed by atoms with Crippen LogP contribution in [0.1, 0.15) is 11.3 Å². The normalized spacial score (nSPS) is 21.9. The van der Waals surface area contributed by atoms with Crippen molar-refractivity contribution in [3.05, 3.63) is 51.0 Å². The highest BCUT2D eigenvalue weighted by molar-refractivity contribution is 8.00. The van der Waals surface area contributed by atoms with Gasteiger partial charge < -0.3 is 25.1 Å². The van der Waals surface area contributed by atoms with E-state index in [2.05, 4.69) is 20.8 Å². The fourth-order valence-electron chi connectivity index (χ4n) is 4.05. The molecule has 1 aromatic carbocycles. The predicted octanol–water partition coefficient (Wildman–Crippen LogP) is -0.172. The zero-order valence-electron chi connectivity index (χ0n) is 21.7. The standard InChI is InChI=1S/C22H22N6O11S3/c1-37-26-15(14-8-40-21(24-14)23-11-29)17(30)25-16-18(31)27-9-22(10-41-19(16)27,39-42(2,35)36)20(32)38-7-12-3-5-13(6-4-12)28(33)34/h3-6,8,11,16,19H,7,9-10H2,1-2H3,(H,25,30)(H,23,24,29)/t16?,19-,22?/m1/s1. The maximum Gasteiger partial charge on any atom is 0.343 e. The third-order valence-electron chi connectivity index (χ3n) is 5.87. The zero-order chi connectivity index (χ0) is 30.7. The second-order valence-corrected chi connectivity index (χ2v) is 12.4. The van der Waals surface area contributed by atoms with Crippen molar-refractivity contribution in [2.75, 3.05) is 31.0 Å². The number of hydrogen-bond acceptors (Lipinski definition) is 15. The number of non-ortho nitro benzene ring substituents is 1. The number of carbonyl (C=O) groups excluding carboxylic acids is 4. The molecule has 2 aromatic rings. The Hall–Kier alpha value is -4.14. The van der Waals surface area contributed by atoms with Crippen LogP contribution in [0.25, 0.3) is 0 Å². The summed E-state index contributed by atoms with van der Waals surface area (Å²) in [6, 6.07) is 4.14. The molecule has 2 N–H and O–H groups in total. The molecule has 0 aliphatic carbocycles. The number of thioether (sulfide) groups is 1. The molecule has 42 heavy (non-hydrogen) atoms. The van der Waals surface area contributed by atoms with Crippen LogP contribution in [0.15, 0.2) is 34.8 Å². The van der Waals surface area contributed by atoms with Gasteiger partial charge in [0.15, 0.2) is 10.8 Å². The summed E-state index contributed by atoms with van der Waals surface area (Å²) in [5, 5.41) is 20.4. The Kier molecular flexibility index (Phi) is 9.09. The van der Waals surface area contributed by atoms with Crippen molar-refractivity contribution in [2.45, 2.75) is 23.6 Å². The Morgan fingerprint density at radius 2 is 2.05 bits per heavy atom. The van der Waals surface area contributed by atoms with Crippen molar-refractivity contribution in [1.29, 1.82) is 0 Å². The molecule has 3 amide bonds. The lowest BCUT2D eigenvalue weighted by Crippen LogP contribution is -2.76. The molecule has 2 aliphatic heterocycles. The molecule has 17 nitrogen and oxygen atoms in total. The number of nitro groups is 1. The highest BCUT2D eigenvalue weighted by Gasteiger charge is 2.60. The summed E-state index contributed by atoms with van der Waals surface area (Å²) in [6.07, 6.45) is 1.16. The SMILES string of the molecule is CON=C(C(=O)NC1C(=O)N2CC(OS(C)(=O)=O)(C(=O)OCc3ccc([N+](=O)[O-])cc3)CS[C@H]12)c1csc(NC=O)n1.